The van der Waals surface area contributed by atoms with Crippen molar-refractivity contribution in [1.29, 1.82) is 0 Å². The van der Waals surface area contributed by atoms with Crippen LogP contribution in [0.2, 0.25) is 0 Å². The molecule has 0 saturated heterocycles. The molecule has 0 aliphatic heterocycles. The molecule has 2 rings (SSSR count). The number of hydrogen-bond acceptors (Lipinski definition) is 3. The van der Waals surface area contributed by atoms with Crippen molar-refractivity contribution in [3.05, 3.63) is 58.0 Å². The molecule has 0 aliphatic rings. The van der Waals surface area contributed by atoms with Crippen LogP contribution >= 0.6 is 27.7 Å². The minimum absolute atomic E-state index is 0.199. The van der Waals surface area contributed by atoms with Crippen molar-refractivity contribution < 1.29 is 13.2 Å². The van der Waals surface area contributed by atoms with E-state index in [1.807, 2.05) is 30.3 Å². The van der Waals surface area contributed by atoms with E-state index in [0.717, 1.165) is 16.8 Å². The van der Waals surface area contributed by atoms with Crippen LogP contribution in [0.5, 0.6) is 0 Å². The molecule has 2 nitrogen and oxygen atoms in total. The topological polar surface area (TPSA) is 25.2 Å². The van der Waals surface area contributed by atoms with E-state index in [1.54, 1.807) is 6.07 Å². The molecule has 0 saturated carbocycles. The largest absolute Gasteiger partial charge is 0.464 e. The average Bonchev–Trinajstić information content (AvgIpc) is 2.87. The highest BCUT2D eigenvalue weighted by atomic mass is 79.9. The van der Waals surface area contributed by atoms with Crippen LogP contribution in [0.15, 0.2) is 45.3 Å². The van der Waals surface area contributed by atoms with Crippen molar-refractivity contribution in [2.75, 3.05) is 0 Å². The van der Waals surface area contributed by atoms with Crippen LogP contribution in [0, 0.1) is 0 Å². The van der Waals surface area contributed by atoms with Gasteiger partial charge >= 0.3 is 0 Å². The molecule has 0 spiro atoms. The number of hydrogen-bond donors (Lipinski definition) is 1. The fourth-order valence-corrected chi connectivity index (χ4v) is 2.38. The van der Waals surface area contributed by atoms with Crippen molar-refractivity contribution in [3.63, 3.8) is 0 Å². The van der Waals surface area contributed by atoms with Crippen LogP contribution in [-0.2, 0) is 18.8 Å². The lowest BCUT2D eigenvalue weighted by Crippen LogP contribution is -2.11. The molecule has 1 aromatic heterocycles. The van der Waals surface area contributed by atoms with E-state index in [-0.39, 0.29) is 5.75 Å². The third-order valence-corrected chi connectivity index (χ3v) is 3.84. The van der Waals surface area contributed by atoms with Gasteiger partial charge in [0.2, 0.25) is 0 Å². The second kappa shape index (κ2) is 7.81. The molecule has 2 aromatic rings. The highest BCUT2D eigenvalue weighted by molar-refractivity contribution is 9.10. The lowest BCUT2D eigenvalue weighted by atomic mass is 10.2. The number of alkyl halides is 2. The van der Waals surface area contributed by atoms with E-state index in [1.165, 1.54) is 5.56 Å². The van der Waals surface area contributed by atoms with E-state index in [0.29, 0.717) is 24.1 Å². The third-order valence-electron chi connectivity index (χ3n) is 2.61. The smallest absolute Gasteiger partial charge is 0.284 e. The lowest BCUT2D eigenvalue weighted by Gasteiger charge is -2.03. The molecule has 0 aliphatic carbocycles. The van der Waals surface area contributed by atoms with Gasteiger partial charge in [-0.25, -0.2) is 0 Å². The maximum absolute atomic E-state index is 12.1. The Bertz CT molecular complexity index is 530. The van der Waals surface area contributed by atoms with E-state index in [4.69, 9.17) is 4.42 Å². The van der Waals surface area contributed by atoms with Crippen molar-refractivity contribution in [2.45, 2.75) is 24.6 Å². The maximum atomic E-state index is 12.1. The van der Waals surface area contributed by atoms with Crippen molar-refractivity contribution in [3.8, 4) is 0 Å². The summed E-state index contributed by atoms with van der Waals surface area (Å²) in [6, 6.07) is 11.6. The van der Waals surface area contributed by atoms with Crippen LogP contribution in [0.25, 0.3) is 0 Å². The fraction of sp³-hybridized carbons (Fsp3) is 0.286. The molecule has 0 fully saturated rings. The second-order valence-corrected chi connectivity index (χ2v) is 6.06. The lowest BCUT2D eigenvalue weighted by molar-refractivity contribution is 0.251. The number of thioether (sulfide) groups is 1. The molecule has 0 unspecified atom stereocenters. The van der Waals surface area contributed by atoms with Crippen LogP contribution in [0.3, 0.4) is 0 Å². The van der Waals surface area contributed by atoms with E-state index >= 15 is 0 Å². The summed E-state index contributed by atoms with van der Waals surface area (Å²) in [6.45, 7) is 1.31. The zero-order valence-corrected chi connectivity index (χ0v) is 13.0. The molecule has 108 valence electrons. The summed E-state index contributed by atoms with van der Waals surface area (Å²) in [5, 5.41) is 3.25. The van der Waals surface area contributed by atoms with Crippen LogP contribution in [0.1, 0.15) is 17.1 Å². The van der Waals surface area contributed by atoms with E-state index < -0.39 is 5.76 Å². The van der Waals surface area contributed by atoms with Gasteiger partial charge in [-0.05, 0) is 29.8 Å². The summed E-state index contributed by atoms with van der Waals surface area (Å²) in [6.07, 6.45) is 0. The average molecular weight is 362 g/mol. The monoisotopic (exact) mass is 361 g/mol. The Hall–Kier alpha value is -0.850. The zero-order valence-electron chi connectivity index (χ0n) is 10.6. The highest BCUT2D eigenvalue weighted by Crippen LogP contribution is 2.21. The molecule has 0 bridgehead atoms. The molecule has 0 radical (unpaired) electrons. The first-order valence-electron chi connectivity index (χ1n) is 6.06. The molecule has 1 N–H and O–H groups in total. The van der Waals surface area contributed by atoms with Gasteiger partial charge in [0.15, 0.2) is 0 Å². The number of rotatable bonds is 7. The first-order chi connectivity index (χ1) is 9.63. The molecular weight excluding hydrogens is 348 g/mol. The Morgan fingerprint density at radius 3 is 2.45 bits per heavy atom. The molecule has 0 atom stereocenters. The van der Waals surface area contributed by atoms with Gasteiger partial charge in [0.1, 0.15) is 11.5 Å². The molecule has 6 heteroatoms. The summed E-state index contributed by atoms with van der Waals surface area (Å²) in [4.78, 5) is 0. The Morgan fingerprint density at radius 1 is 1.05 bits per heavy atom. The second-order valence-electron chi connectivity index (χ2n) is 4.17. The summed E-state index contributed by atoms with van der Waals surface area (Å²) in [5.41, 5.74) is 1.17. The first kappa shape index (κ1) is 15.5. The van der Waals surface area contributed by atoms with Crippen molar-refractivity contribution in [1.82, 2.24) is 5.32 Å². The van der Waals surface area contributed by atoms with Gasteiger partial charge in [-0.1, -0.05) is 39.8 Å². The number of halogens is 3. The van der Waals surface area contributed by atoms with Gasteiger partial charge in [0, 0.05) is 11.0 Å². The summed E-state index contributed by atoms with van der Waals surface area (Å²) in [7, 11) is 0. The summed E-state index contributed by atoms with van der Waals surface area (Å²) < 4.78 is 30.6. The van der Waals surface area contributed by atoms with Gasteiger partial charge in [-0.3, -0.25) is 0 Å². The molecule has 0 amide bonds. The van der Waals surface area contributed by atoms with E-state index in [2.05, 4.69) is 21.2 Å². The number of furan rings is 1. The third kappa shape index (κ3) is 5.26. The van der Waals surface area contributed by atoms with Crippen LogP contribution in [-0.4, -0.2) is 5.76 Å². The predicted octanol–water partition coefficient (Wildman–Crippen LogP) is 4.79. The van der Waals surface area contributed by atoms with Gasteiger partial charge in [0.05, 0.1) is 12.3 Å². The Balaban J connectivity index is 1.75. The predicted molar refractivity (Wildman–Crippen MR) is 80.7 cm³/mol. The quantitative estimate of drug-likeness (QED) is 0.767. The van der Waals surface area contributed by atoms with E-state index in [9.17, 15) is 8.78 Å². The Labute approximate surface area is 129 Å². The Kier molecular flexibility index (Phi) is 6.06. The van der Waals surface area contributed by atoms with Gasteiger partial charge in [-0.15, -0.1) is 0 Å². The van der Waals surface area contributed by atoms with Gasteiger partial charge < -0.3 is 9.73 Å². The zero-order chi connectivity index (χ0) is 14.4. The number of nitrogens with one attached hydrogen (secondary N) is 1. The minimum Gasteiger partial charge on any atom is -0.464 e. The molecule has 1 aromatic carbocycles. The SMILES string of the molecule is FC(F)SCc1ccc(CNCc2ccc(Br)cc2)o1. The normalized spacial score (nSPS) is 11.2. The standard InChI is InChI=1S/C14H14BrF2NOS/c15-11-3-1-10(2-4-11)7-18-8-12-5-6-13(19-12)9-20-14(16)17/h1-6,14,18H,7-9H2. The maximum Gasteiger partial charge on any atom is 0.284 e. The Morgan fingerprint density at radius 2 is 1.75 bits per heavy atom. The van der Waals surface area contributed by atoms with Gasteiger partial charge in [-0.2, -0.15) is 8.78 Å². The fourth-order valence-electron chi connectivity index (χ4n) is 1.67. The number of benzene rings is 1. The van der Waals surface area contributed by atoms with Gasteiger partial charge in [0.25, 0.3) is 5.76 Å². The molecular formula is C14H14BrF2NOS. The first-order valence-corrected chi connectivity index (χ1v) is 7.90. The van der Waals surface area contributed by atoms with Crippen LogP contribution < -0.4 is 5.32 Å². The summed E-state index contributed by atoms with van der Waals surface area (Å²) >= 11 is 3.95. The highest BCUT2D eigenvalue weighted by Gasteiger charge is 2.07. The summed E-state index contributed by atoms with van der Waals surface area (Å²) in [5.74, 6) is -0.827. The van der Waals surface area contributed by atoms with Crippen LogP contribution in [0.4, 0.5) is 8.78 Å². The molecule has 20 heavy (non-hydrogen) atoms. The van der Waals surface area contributed by atoms with Crippen molar-refractivity contribution in [2.24, 2.45) is 0 Å². The van der Waals surface area contributed by atoms with Crippen molar-refractivity contribution >= 4 is 27.7 Å². The molecule has 1 heterocycles. The minimum atomic E-state index is -2.36.